The van der Waals surface area contributed by atoms with E-state index in [4.69, 9.17) is 4.52 Å². The maximum Gasteiger partial charge on any atom is 0.417 e. The van der Waals surface area contributed by atoms with E-state index >= 15 is 0 Å². The molecule has 39 heavy (non-hydrogen) atoms. The van der Waals surface area contributed by atoms with Crippen molar-refractivity contribution in [1.29, 1.82) is 0 Å². The maximum atomic E-state index is 13.7. The molecule has 0 bridgehead atoms. The first-order valence-electron chi connectivity index (χ1n) is 13.2. The van der Waals surface area contributed by atoms with Gasteiger partial charge in [0.2, 0.25) is 0 Å². The van der Waals surface area contributed by atoms with Crippen molar-refractivity contribution in [2.75, 3.05) is 37.6 Å². The van der Waals surface area contributed by atoms with Gasteiger partial charge in [0.1, 0.15) is 11.5 Å². The number of aromatic nitrogens is 2. The number of hydrogen-bond acceptors (Lipinski definition) is 5. The second-order valence-corrected chi connectivity index (χ2v) is 10.4. The molecule has 10 heteroatoms. The lowest BCUT2D eigenvalue weighted by molar-refractivity contribution is -0.137. The Hall–Kier alpha value is -3.79. The number of hydrogen-bond donors (Lipinski definition) is 1. The summed E-state index contributed by atoms with van der Waals surface area (Å²) in [5.74, 6) is 0.0344. The van der Waals surface area contributed by atoms with Crippen molar-refractivity contribution in [3.05, 3.63) is 71.1 Å². The normalized spacial score (nSPS) is 16.8. The number of aryl methyl sites for hydroxylation is 1. The molecule has 0 atom stereocenters. The SMILES string of the molecule is Cn1cc(C(=O)O)c2ccc(N3CCN(CCc4c(-c5ccccc5C(F)(F)F)noc4C4CC4)CC3)cc21. The molecular weight excluding hydrogens is 509 g/mol. The number of aromatic carboxylic acids is 1. The Bertz CT molecular complexity index is 1530. The highest BCUT2D eigenvalue weighted by molar-refractivity contribution is 6.04. The number of anilines is 1. The summed E-state index contributed by atoms with van der Waals surface area (Å²) >= 11 is 0. The third kappa shape index (κ3) is 4.89. The van der Waals surface area contributed by atoms with Gasteiger partial charge in [-0.25, -0.2) is 4.79 Å². The summed E-state index contributed by atoms with van der Waals surface area (Å²) in [7, 11) is 1.85. The van der Waals surface area contributed by atoms with Crippen LogP contribution in [0.2, 0.25) is 0 Å². The van der Waals surface area contributed by atoms with Gasteiger partial charge < -0.3 is 19.1 Å². The molecule has 0 amide bonds. The fourth-order valence-electron chi connectivity index (χ4n) is 5.62. The molecule has 1 aliphatic heterocycles. The van der Waals surface area contributed by atoms with E-state index in [0.29, 0.717) is 24.2 Å². The van der Waals surface area contributed by atoms with E-state index in [1.54, 1.807) is 12.3 Å². The van der Waals surface area contributed by atoms with Gasteiger partial charge in [-0.1, -0.05) is 23.4 Å². The van der Waals surface area contributed by atoms with Crippen LogP contribution < -0.4 is 4.90 Å². The second-order valence-electron chi connectivity index (χ2n) is 10.4. The highest BCUT2D eigenvalue weighted by Crippen LogP contribution is 2.46. The number of rotatable bonds is 7. The molecule has 0 spiro atoms. The molecule has 204 valence electrons. The summed E-state index contributed by atoms with van der Waals surface area (Å²) in [6, 6.07) is 11.4. The van der Waals surface area contributed by atoms with E-state index in [1.165, 1.54) is 12.1 Å². The smallest absolute Gasteiger partial charge is 0.417 e. The first kappa shape index (κ1) is 25.5. The van der Waals surface area contributed by atoms with Gasteiger partial charge in [0.25, 0.3) is 0 Å². The van der Waals surface area contributed by atoms with Crippen LogP contribution in [0.3, 0.4) is 0 Å². The minimum atomic E-state index is -4.47. The number of benzene rings is 2. The molecular formula is C29H29F3N4O3. The molecule has 3 heterocycles. The zero-order valence-electron chi connectivity index (χ0n) is 21.5. The van der Waals surface area contributed by atoms with Gasteiger partial charge in [-0.3, -0.25) is 4.90 Å². The van der Waals surface area contributed by atoms with Gasteiger partial charge in [0, 0.05) is 74.1 Å². The monoisotopic (exact) mass is 538 g/mol. The van der Waals surface area contributed by atoms with E-state index in [9.17, 15) is 23.1 Å². The predicted molar refractivity (Wildman–Crippen MR) is 141 cm³/mol. The van der Waals surface area contributed by atoms with Crippen LogP contribution in [0.4, 0.5) is 18.9 Å². The molecule has 0 unspecified atom stereocenters. The second kappa shape index (κ2) is 9.75. The van der Waals surface area contributed by atoms with Crippen LogP contribution >= 0.6 is 0 Å². The van der Waals surface area contributed by atoms with Crippen LogP contribution in [-0.4, -0.2) is 58.4 Å². The van der Waals surface area contributed by atoms with Crippen LogP contribution in [0.25, 0.3) is 22.2 Å². The summed E-state index contributed by atoms with van der Waals surface area (Å²) in [4.78, 5) is 16.1. The molecule has 2 aromatic heterocycles. The number of nitrogens with zero attached hydrogens (tertiary/aromatic N) is 4. The number of carboxylic acids is 1. The van der Waals surface area contributed by atoms with E-state index in [2.05, 4.69) is 15.0 Å². The Morgan fingerprint density at radius 2 is 1.85 bits per heavy atom. The first-order valence-corrected chi connectivity index (χ1v) is 13.2. The van der Waals surface area contributed by atoms with E-state index in [-0.39, 0.29) is 11.5 Å². The first-order chi connectivity index (χ1) is 18.7. The van der Waals surface area contributed by atoms with Crippen molar-refractivity contribution in [2.24, 2.45) is 7.05 Å². The van der Waals surface area contributed by atoms with E-state index in [0.717, 1.165) is 73.0 Å². The highest BCUT2D eigenvalue weighted by Gasteiger charge is 2.37. The summed E-state index contributed by atoms with van der Waals surface area (Å²) in [5.41, 5.74) is 2.68. The number of alkyl halides is 3. The zero-order valence-corrected chi connectivity index (χ0v) is 21.5. The zero-order chi connectivity index (χ0) is 27.3. The minimum Gasteiger partial charge on any atom is -0.478 e. The third-order valence-corrected chi connectivity index (χ3v) is 7.87. The molecule has 1 N–H and O–H groups in total. The standard InChI is InChI=1S/C29H29F3N4O3/c1-34-17-23(28(37)38)20-9-8-19(16-25(20)34)36-14-12-35(13-15-36)11-10-22-26(33-39-27(22)18-6-7-18)21-4-2-3-5-24(21)29(30,31)32/h2-5,8-9,16-18H,6-7,10-15H2,1H3,(H,37,38). The minimum absolute atomic E-state index is 0.0718. The molecule has 1 saturated heterocycles. The molecule has 0 radical (unpaired) electrons. The largest absolute Gasteiger partial charge is 0.478 e. The van der Waals surface area contributed by atoms with Crippen molar-refractivity contribution in [1.82, 2.24) is 14.6 Å². The van der Waals surface area contributed by atoms with Crippen LogP contribution in [0.15, 0.2) is 53.2 Å². The van der Waals surface area contributed by atoms with E-state index in [1.807, 2.05) is 29.8 Å². The van der Waals surface area contributed by atoms with Crippen LogP contribution in [0, 0.1) is 0 Å². The molecule has 2 fully saturated rings. The van der Waals surface area contributed by atoms with Crippen LogP contribution in [-0.2, 0) is 19.6 Å². The van der Waals surface area contributed by atoms with Crippen molar-refractivity contribution in [2.45, 2.75) is 31.4 Å². The Morgan fingerprint density at radius 3 is 2.54 bits per heavy atom. The fourth-order valence-corrected chi connectivity index (χ4v) is 5.62. The average molecular weight is 539 g/mol. The lowest BCUT2D eigenvalue weighted by Crippen LogP contribution is -2.47. The van der Waals surface area contributed by atoms with Gasteiger partial charge in [-0.05, 0) is 43.5 Å². The van der Waals surface area contributed by atoms with Gasteiger partial charge in [0.15, 0.2) is 0 Å². The molecule has 1 saturated carbocycles. The number of carboxylic acid groups (broad SMARTS) is 1. The third-order valence-electron chi connectivity index (χ3n) is 7.87. The predicted octanol–water partition coefficient (Wildman–Crippen LogP) is 5.79. The summed E-state index contributed by atoms with van der Waals surface area (Å²) in [5, 5.41) is 14.3. The van der Waals surface area contributed by atoms with Crippen molar-refractivity contribution < 1.29 is 27.6 Å². The Balaban J connectivity index is 1.16. The highest BCUT2D eigenvalue weighted by atomic mass is 19.4. The topological polar surface area (TPSA) is 74.7 Å². The molecule has 4 aromatic rings. The van der Waals surface area contributed by atoms with Gasteiger partial charge in [0.05, 0.1) is 16.6 Å². The Morgan fingerprint density at radius 1 is 1.10 bits per heavy atom. The Kier molecular flexibility index (Phi) is 6.37. The molecule has 1 aliphatic carbocycles. The maximum absolute atomic E-state index is 13.7. The molecule has 2 aliphatic rings. The number of halogens is 3. The molecule has 7 nitrogen and oxygen atoms in total. The van der Waals surface area contributed by atoms with Gasteiger partial charge in [-0.2, -0.15) is 13.2 Å². The lowest BCUT2D eigenvalue weighted by atomic mass is 9.97. The Labute approximate surface area is 223 Å². The average Bonchev–Trinajstić information content (AvgIpc) is 3.59. The van der Waals surface area contributed by atoms with E-state index < -0.39 is 17.7 Å². The van der Waals surface area contributed by atoms with Crippen molar-refractivity contribution in [3.8, 4) is 11.3 Å². The quantitative estimate of drug-likeness (QED) is 0.321. The lowest BCUT2D eigenvalue weighted by Gasteiger charge is -2.36. The fraction of sp³-hybridized carbons (Fsp3) is 0.379. The molecule has 2 aromatic carbocycles. The van der Waals surface area contributed by atoms with Crippen molar-refractivity contribution >= 4 is 22.6 Å². The summed E-state index contributed by atoms with van der Waals surface area (Å²) in [6.45, 7) is 3.91. The van der Waals surface area contributed by atoms with Gasteiger partial charge in [-0.15, -0.1) is 0 Å². The van der Waals surface area contributed by atoms with Gasteiger partial charge >= 0.3 is 12.1 Å². The van der Waals surface area contributed by atoms with Crippen molar-refractivity contribution in [3.63, 3.8) is 0 Å². The summed E-state index contributed by atoms with van der Waals surface area (Å²) in [6.07, 6.45) is -0.317. The number of carbonyl (C=O) groups is 1. The number of fused-ring (bicyclic) bond motifs is 1. The number of piperazine rings is 1. The van der Waals surface area contributed by atoms with Crippen LogP contribution in [0.1, 0.15) is 46.0 Å². The van der Waals surface area contributed by atoms with Crippen LogP contribution in [0.5, 0.6) is 0 Å². The summed E-state index contributed by atoms with van der Waals surface area (Å²) < 4.78 is 48.7. The molecule has 6 rings (SSSR count).